The first-order chi connectivity index (χ1) is 23.4. The van der Waals surface area contributed by atoms with Crippen LogP contribution in [0.4, 0.5) is 9.59 Å². The van der Waals surface area contributed by atoms with Crippen LogP contribution in [0.25, 0.3) is 0 Å². The molecule has 4 rings (SSSR count). The predicted molar refractivity (Wildman–Crippen MR) is 186 cm³/mol. The van der Waals surface area contributed by atoms with Crippen molar-refractivity contribution in [2.45, 2.75) is 142 Å². The smallest absolute Gasteiger partial charge is 0.408 e. The fraction of sp³-hybridized carbons (Fsp3) is 0.865. The lowest BCUT2D eigenvalue weighted by Crippen LogP contribution is -2.61. The largest absolute Gasteiger partial charge is 0.458 e. The second kappa shape index (κ2) is 16.1. The maximum atomic E-state index is 14.2. The summed E-state index contributed by atoms with van der Waals surface area (Å²) < 4.78 is 44.8. The van der Waals surface area contributed by atoms with Crippen molar-refractivity contribution in [3.63, 3.8) is 0 Å². The predicted octanol–water partition coefficient (Wildman–Crippen LogP) is 4.66. The van der Waals surface area contributed by atoms with Gasteiger partial charge < -0.3 is 48.7 Å². The van der Waals surface area contributed by atoms with E-state index in [2.05, 4.69) is 42.9 Å². The number of carbonyl (C=O) groups excluding carboxylic acids is 3. The average Bonchev–Trinajstić information content (AvgIpc) is 3.36. The highest BCUT2D eigenvalue weighted by atomic mass is 16.7. The lowest BCUT2D eigenvalue weighted by atomic mass is 9.69. The number of amides is 2. The Hall–Kier alpha value is -2.45. The van der Waals surface area contributed by atoms with E-state index in [1.165, 1.54) is 0 Å². The summed E-state index contributed by atoms with van der Waals surface area (Å²) in [4.78, 5) is 42.7. The Kier molecular flexibility index (Phi) is 13.0. The van der Waals surface area contributed by atoms with Gasteiger partial charge in [0.2, 0.25) is 0 Å². The van der Waals surface area contributed by atoms with Gasteiger partial charge in [-0.2, -0.15) is 0 Å². The molecule has 2 N–H and O–H groups in total. The Balaban J connectivity index is 1.90. The number of nitrogens with zero attached hydrogens (tertiary/aromatic N) is 1. The van der Waals surface area contributed by atoms with Crippen molar-refractivity contribution in [3.05, 3.63) is 12.2 Å². The minimum absolute atomic E-state index is 0.00619. The molecule has 0 saturated carbocycles. The van der Waals surface area contributed by atoms with Gasteiger partial charge in [-0.15, -0.1) is 0 Å². The first-order valence-corrected chi connectivity index (χ1v) is 18.3. The number of alkyl carbamates (subject to hydrolysis) is 2. The van der Waals surface area contributed by atoms with Gasteiger partial charge in [-0.1, -0.05) is 41.2 Å². The van der Waals surface area contributed by atoms with E-state index in [1.807, 2.05) is 48.7 Å². The van der Waals surface area contributed by atoms with Crippen LogP contribution in [0.15, 0.2) is 12.2 Å². The van der Waals surface area contributed by atoms with Gasteiger partial charge in [0.25, 0.3) is 0 Å². The zero-order valence-electron chi connectivity index (χ0n) is 32.3. The minimum atomic E-state index is -1.25. The highest BCUT2D eigenvalue weighted by Gasteiger charge is 2.57. The lowest BCUT2D eigenvalue weighted by molar-refractivity contribution is -0.303. The molecule has 1 unspecified atom stereocenters. The molecular weight excluding hydrogens is 646 g/mol. The maximum Gasteiger partial charge on any atom is 0.408 e. The number of cyclic esters (lactones) is 1. The lowest BCUT2D eigenvalue weighted by Gasteiger charge is -2.49. The van der Waals surface area contributed by atoms with Crippen molar-refractivity contribution in [1.82, 2.24) is 15.5 Å². The van der Waals surface area contributed by atoms with Crippen LogP contribution in [-0.2, 0) is 38.0 Å². The van der Waals surface area contributed by atoms with E-state index in [-0.39, 0.29) is 43.1 Å². The first kappa shape index (κ1) is 40.3. The van der Waals surface area contributed by atoms with Crippen molar-refractivity contribution in [2.24, 2.45) is 29.6 Å². The second-order valence-corrected chi connectivity index (χ2v) is 16.0. The number of fused-ring (bicyclic) bond motifs is 4. The fourth-order valence-electron chi connectivity index (χ4n) is 8.83. The fourth-order valence-corrected chi connectivity index (χ4v) is 8.83. The molecule has 4 saturated heterocycles. The van der Waals surface area contributed by atoms with Gasteiger partial charge in [-0.25, -0.2) is 9.59 Å². The molecular formula is C37H63N3O10. The number of esters is 1. The molecule has 0 aromatic carbocycles. The van der Waals surface area contributed by atoms with Crippen molar-refractivity contribution in [1.29, 1.82) is 0 Å². The van der Waals surface area contributed by atoms with Gasteiger partial charge in [-0.05, 0) is 84.4 Å². The monoisotopic (exact) mass is 709 g/mol. The molecule has 2 bridgehead atoms. The van der Waals surface area contributed by atoms with E-state index in [4.69, 9.17) is 33.2 Å². The van der Waals surface area contributed by atoms with E-state index in [9.17, 15) is 14.4 Å². The van der Waals surface area contributed by atoms with Crippen LogP contribution in [0.5, 0.6) is 0 Å². The van der Waals surface area contributed by atoms with Crippen LogP contribution in [-0.4, -0.2) is 118 Å². The van der Waals surface area contributed by atoms with Crippen molar-refractivity contribution in [2.75, 3.05) is 34.4 Å². The normalized spacial score (nSPS) is 45.3. The number of methoxy groups -OCH3 is 1. The molecule has 286 valence electrons. The molecule has 4 aliphatic heterocycles. The summed E-state index contributed by atoms with van der Waals surface area (Å²) in [6.45, 7) is 22.0. The van der Waals surface area contributed by atoms with Crippen LogP contribution < -0.4 is 10.6 Å². The third kappa shape index (κ3) is 8.27. The highest BCUT2D eigenvalue weighted by Crippen LogP contribution is 2.44. The topological polar surface area (TPSA) is 143 Å². The summed E-state index contributed by atoms with van der Waals surface area (Å²) in [6, 6.07) is -0.460. The van der Waals surface area contributed by atoms with Crippen LogP contribution in [0, 0.1) is 29.6 Å². The SMILES string of the molecule is C=C1CNC(=O)O[C@]2(C)C[C@@H](C)C(C)[C@H](C)[C@H]3NC(=O)O[C@]3(C)[C@@H](CC)OC(=O)[C@H](C)[C@@H](OC1)[C@H](C)[C@H]2O[C@@H]1O[C@H](C)C[C@H](N(C)C)[C@H]1OC. The zero-order chi connectivity index (χ0) is 37.3. The second-order valence-electron chi connectivity index (χ2n) is 16.0. The van der Waals surface area contributed by atoms with E-state index in [1.54, 1.807) is 14.0 Å². The minimum Gasteiger partial charge on any atom is -0.458 e. The van der Waals surface area contributed by atoms with Crippen molar-refractivity contribution in [3.8, 4) is 0 Å². The molecule has 0 spiro atoms. The number of nitrogens with one attached hydrogen (secondary N) is 2. The highest BCUT2D eigenvalue weighted by molar-refractivity contribution is 5.74. The van der Waals surface area contributed by atoms with Crippen molar-refractivity contribution >= 4 is 18.2 Å². The molecule has 2 amide bonds. The van der Waals surface area contributed by atoms with Gasteiger partial charge in [-0.3, -0.25) is 4.79 Å². The van der Waals surface area contributed by atoms with Gasteiger partial charge in [0.1, 0.15) is 23.9 Å². The summed E-state index contributed by atoms with van der Waals surface area (Å²) in [5, 5.41) is 5.87. The van der Waals surface area contributed by atoms with Gasteiger partial charge in [0.05, 0.1) is 30.8 Å². The average molecular weight is 710 g/mol. The molecule has 13 nitrogen and oxygen atoms in total. The Morgan fingerprint density at radius 2 is 1.66 bits per heavy atom. The van der Waals surface area contributed by atoms with Gasteiger partial charge >= 0.3 is 18.2 Å². The Bertz CT molecular complexity index is 1230. The molecule has 4 heterocycles. The number of rotatable bonds is 5. The molecule has 13 heteroatoms. The summed E-state index contributed by atoms with van der Waals surface area (Å²) in [5.41, 5.74) is -1.76. The summed E-state index contributed by atoms with van der Waals surface area (Å²) in [7, 11) is 5.65. The molecule has 15 atom stereocenters. The standard InChI is InChI=1S/C37H63N3O10/c1-14-27-37(10)30(39-35(43)50-37)23(6)22(5)20(3)16-36(9)31(48-33-29(44-13)26(40(11)12)15-21(4)46-33)24(7)28(25(8)32(41)47-27)45-18-19(2)17-38-34(42)49-36/h20-31,33H,2,14-18H2,1,3-13H3,(H,38,42)(H,39,43)/t20-,21-,22?,23+,24+,25-,26+,27-,28+,29-,30-,31-,33+,36-,37-/m1/s1. The third-order valence-corrected chi connectivity index (χ3v) is 12.0. The Labute approximate surface area is 298 Å². The Morgan fingerprint density at radius 1 is 0.980 bits per heavy atom. The molecule has 0 aromatic heterocycles. The van der Waals surface area contributed by atoms with Crippen LogP contribution in [0.1, 0.15) is 81.6 Å². The molecule has 0 aliphatic carbocycles. The van der Waals surface area contributed by atoms with Crippen LogP contribution >= 0.6 is 0 Å². The Morgan fingerprint density at radius 3 is 2.28 bits per heavy atom. The van der Waals surface area contributed by atoms with E-state index >= 15 is 0 Å². The number of hydrogen-bond acceptors (Lipinski definition) is 11. The summed E-state index contributed by atoms with van der Waals surface area (Å²) >= 11 is 0. The van der Waals surface area contributed by atoms with Gasteiger partial charge in [0.15, 0.2) is 11.9 Å². The number of carbonyl (C=O) groups is 3. The van der Waals surface area contributed by atoms with E-state index in [0.29, 0.717) is 18.4 Å². The molecule has 0 radical (unpaired) electrons. The molecule has 4 aliphatic rings. The quantitative estimate of drug-likeness (QED) is 0.234. The molecule has 0 aromatic rings. The number of hydrogen-bond donors (Lipinski definition) is 2. The first-order valence-electron chi connectivity index (χ1n) is 18.3. The van der Waals surface area contributed by atoms with Crippen LogP contribution in [0.2, 0.25) is 0 Å². The number of likely N-dealkylation sites (N-methyl/N-ethyl adjacent to an activating group) is 1. The summed E-state index contributed by atoms with van der Waals surface area (Å²) in [5.74, 6) is -2.01. The van der Waals surface area contributed by atoms with E-state index in [0.717, 1.165) is 6.42 Å². The molecule has 50 heavy (non-hydrogen) atoms. The number of ether oxygens (including phenoxy) is 7. The zero-order valence-corrected chi connectivity index (χ0v) is 32.3. The maximum absolute atomic E-state index is 14.2. The third-order valence-electron chi connectivity index (χ3n) is 12.0. The summed E-state index contributed by atoms with van der Waals surface area (Å²) in [6.07, 6.45) is -3.32. The van der Waals surface area contributed by atoms with Crippen molar-refractivity contribution < 1.29 is 47.5 Å². The van der Waals surface area contributed by atoms with Crippen LogP contribution in [0.3, 0.4) is 0 Å². The van der Waals surface area contributed by atoms with E-state index < -0.39 is 77.9 Å². The van der Waals surface area contributed by atoms with Gasteiger partial charge in [0, 0.05) is 25.6 Å². The molecule has 4 fully saturated rings.